The maximum absolute atomic E-state index is 11.6. The van der Waals surface area contributed by atoms with E-state index in [0.717, 1.165) is 24.0 Å². The van der Waals surface area contributed by atoms with E-state index in [1.165, 1.54) is 0 Å². The van der Waals surface area contributed by atoms with E-state index in [9.17, 15) is 4.79 Å². The van der Waals surface area contributed by atoms with Gasteiger partial charge in [0.15, 0.2) is 0 Å². The van der Waals surface area contributed by atoms with Gasteiger partial charge in [-0.1, -0.05) is 24.3 Å². The van der Waals surface area contributed by atoms with E-state index < -0.39 is 0 Å². The highest BCUT2D eigenvalue weighted by atomic mass is 16.5. The van der Waals surface area contributed by atoms with Gasteiger partial charge in [-0.25, -0.2) is 0 Å². The Hall–Kier alpha value is -1.15. The molecule has 1 aromatic carbocycles. The van der Waals surface area contributed by atoms with Crippen LogP contribution < -0.4 is 0 Å². The van der Waals surface area contributed by atoms with E-state index in [1.54, 1.807) is 14.0 Å². The van der Waals surface area contributed by atoms with Crippen LogP contribution in [-0.4, -0.2) is 12.9 Å². The first-order valence-electron chi connectivity index (χ1n) is 5.28. The summed E-state index contributed by atoms with van der Waals surface area (Å²) >= 11 is 0. The van der Waals surface area contributed by atoms with E-state index in [1.807, 2.05) is 18.2 Å². The monoisotopic (exact) mass is 204 g/mol. The van der Waals surface area contributed by atoms with Crippen molar-refractivity contribution in [1.29, 1.82) is 0 Å². The summed E-state index contributed by atoms with van der Waals surface area (Å²) in [7, 11) is 1.69. The van der Waals surface area contributed by atoms with Gasteiger partial charge in [0, 0.05) is 7.11 Å². The van der Waals surface area contributed by atoms with Crippen LogP contribution in [0.3, 0.4) is 0 Å². The molecule has 2 heteroatoms. The van der Waals surface area contributed by atoms with Crippen molar-refractivity contribution >= 4 is 5.78 Å². The lowest BCUT2D eigenvalue weighted by Crippen LogP contribution is -2.16. The lowest BCUT2D eigenvalue weighted by Gasteiger charge is -2.12. The molecule has 0 bridgehead atoms. The van der Waals surface area contributed by atoms with Crippen LogP contribution in [0.1, 0.15) is 30.9 Å². The fourth-order valence-corrected chi connectivity index (χ4v) is 2.09. The summed E-state index contributed by atoms with van der Waals surface area (Å²) in [6.07, 6.45) is 2.00. The summed E-state index contributed by atoms with van der Waals surface area (Å²) in [6.45, 7) is 2.30. The van der Waals surface area contributed by atoms with Gasteiger partial charge in [0.25, 0.3) is 0 Å². The zero-order chi connectivity index (χ0) is 10.9. The Morgan fingerprint density at radius 1 is 1.47 bits per heavy atom. The van der Waals surface area contributed by atoms with Gasteiger partial charge in [-0.3, -0.25) is 4.79 Å². The first-order chi connectivity index (χ1) is 7.19. The van der Waals surface area contributed by atoms with Crippen molar-refractivity contribution in [2.45, 2.75) is 31.8 Å². The standard InChI is InChI=1S/C13H16O2/c1-10(14)13(6-7-13)12-5-3-4-11(8-12)9-15-2/h3-5,8H,6-7,9H2,1-2H3. The average Bonchev–Trinajstić information content (AvgIpc) is 2.99. The van der Waals surface area contributed by atoms with Crippen molar-refractivity contribution in [3.05, 3.63) is 35.4 Å². The summed E-state index contributed by atoms with van der Waals surface area (Å²) in [4.78, 5) is 11.6. The molecule has 0 N–H and O–H groups in total. The summed E-state index contributed by atoms with van der Waals surface area (Å²) in [5.41, 5.74) is 2.14. The number of benzene rings is 1. The fraction of sp³-hybridized carbons (Fsp3) is 0.462. The molecule has 2 rings (SSSR count). The molecule has 1 aliphatic carbocycles. The second-order valence-electron chi connectivity index (χ2n) is 4.27. The molecule has 1 aromatic rings. The summed E-state index contributed by atoms with van der Waals surface area (Å²) in [6, 6.07) is 8.18. The Bertz CT molecular complexity index is 378. The highest BCUT2D eigenvalue weighted by Crippen LogP contribution is 2.48. The molecule has 0 unspecified atom stereocenters. The minimum Gasteiger partial charge on any atom is -0.380 e. The van der Waals surface area contributed by atoms with Gasteiger partial charge >= 0.3 is 0 Å². The van der Waals surface area contributed by atoms with Crippen molar-refractivity contribution < 1.29 is 9.53 Å². The molecule has 0 spiro atoms. The second-order valence-corrected chi connectivity index (χ2v) is 4.27. The molecule has 0 amide bonds. The molecule has 2 nitrogen and oxygen atoms in total. The first-order valence-corrected chi connectivity index (χ1v) is 5.28. The lowest BCUT2D eigenvalue weighted by atomic mass is 9.91. The number of ether oxygens (including phenoxy) is 1. The van der Waals surface area contributed by atoms with Gasteiger partial charge in [-0.2, -0.15) is 0 Å². The van der Waals surface area contributed by atoms with Gasteiger partial charge < -0.3 is 4.74 Å². The number of methoxy groups -OCH3 is 1. The molecule has 15 heavy (non-hydrogen) atoms. The molecule has 1 aliphatic rings. The summed E-state index contributed by atoms with van der Waals surface area (Å²) in [5, 5.41) is 0. The minimum atomic E-state index is -0.163. The third kappa shape index (κ3) is 1.82. The van der Waals surface area contributed by atoms with Gasteiger partial charge in [0.2, 0.25) is 0 Å². The Morgan fingerprint density at radius 2 is 2.20 bits per heavy atom. The van der Waals surface area contributed by atoms with Gasteiger partial charge in [0.1, 0.15) is 5.78 Å². The molecule has 0 radical (unpaired) electrons. The molecule has 1 fully saturated rings. The fourth-order valence-electron chi connectivity index (χ4n) is 2.09. The van der Waals surface area contributed by atoms with Crippen molar-refractivity contribution in [3.63, 3.8) is 0 Å². The molecular formula is C13H16O2. The zero-order valence-corrected chi connectivity index (χ0v) is 9.25. The maximum Gasteiger partial charge on any atom is 0.140 e. The third-order valence-electron chi connectivity index (χ3n) is 3.21. The van der Waals surface area contributed by atoms with E-state index in [4.69, 9.17) is 4.74 Å². The van der Waals surface area contributed by atoms with Gasteiger partial charge in [-0.15, -0.1) is 0 Å². The van der Waals surface area contributed by atoms with Crippen LogP contribution in [0.25, 0.3) is 0 Å². The largest absolute Gasteiger partial charge is 0.380 e. The number of Topliss-reactive ketones (excluding diaryl/α,β-unsaturated/α-hetero) is 1. The van der Waals surface area contributed by atoms with Gasteiger partial charge in [-0.05, 0) is 30.9 Å². The normalized spacial score (nSPS) is 17.5. The SMILES string of the molecule is COCc1cccc(C2(C(C)=O)CC2)c1. The maximum atomic E-state index is 11.6. The van der Waals surface area contributed by atoms with Crippen LogP contribution in [0.4, 0.5) is 0 Å². The van der Waals surface area contributed by atoms with E-state index in [2.05, 4.69) is 6.07 Å². The molecule has 80 valence electrons. The molecule has 1 saturated carbocycles. The Kier molecular flexibility index (Phi) is 2.61. The first kappa shape index (κ1) is 10.4. The summed E-state index contributed by atoms with van der Waals surface area (Å²) < 4.78 is 5.09. The number of hydrogen-bond acceptors (Lipinski definition) is 2. The number of carbonyl (C=O) groups is 1. The Morgan fingerprint density at radius 3 is 2.73 bits per heavy atom. The number of rotatable bonds is 4. The van der Waals surface area contributed by atoms with E-state index >= 15 is 0 Å². The third-order valence-corrected chi connectivity index (χ3v) is 3.21. The van der Waals surface area contributed by atoms with Crippen molar-refractivity contribution in [2.75, 3.05) is 7.11 Å². The van der Waals surface area contributed by atoms with Gasteiger partial charge in [0.05, 0.1) is 12.0 Å². The highest BCUT2D eigenvalue weighted by molar-refractivity contribution is 5.91. The van der Waals surface area contributed by atoms with E-state index in [0.29, 0.717) is 6.61 Å². The van der Waals surface area contributed by atoms with Crippen molar-refractivity contribution in [2.24, 2.45) is 0 Å². The van der Waals surface area contributed by atoms with Crippen LogP contribution in [0.2, 0.25) is 0 Å². The average molecular weight is 204 g/mol. The van der Waals surface area contributed by atoms with Crippen molar-refractivity contribution in [1.82, 2.24) is 0 Å². The molecule has 0 atom stereocenters. The molecule has 0 aromatic heterocycles. The smallest absolute Gasteiger partial charge is 0.140 e. The quantitative estimate of drug-likeness (QED) is 0.753. The summed E-state index contributed by atoms with van der Waals surface area (Å²) in [5.74, 6) is 0.289. The lowest BCUT2D eigenvalue weighted by molar-refractivity contribution is -0.119. The Balaban J connectivity index is 2.29. The van der Waals surface area contributed by atoms with Crippen LogP contribution in [0.5, 0.6) is 0 Å². The molecule has 0 heterocycles. The molecule has 0 saturated heterocycles. The van der Waals surface area contributed by atoms with Crippen molar-refractivity contribution in [3.8, 4) is 0 Å². The Labute approximate surface area is 90.3 Å². The van der Waals surface area contributed by atoms with Crippen LogP contribution in [0.15, 0.2) is 24.3 Å². The topological polar surface area (TPSA) is 26.3 Å². The highest BCUT2D eigenvalue weighted by Gasteiger charge is 2.48. The molecule has 0 aliphatic heterocycles. The predicted octanol–water partition coefficient (Wildman–Crippen LogP) is 2.45. The predicted molar refractivity (Wildman–Crippen MR) is 58.7 cm³/mol. The van der Waals surface area contributed by atoms with Crippen LogP contribution >= 0.6 is 0 Å². The minimum absolute atomic E-state index is 0.163. The van der Waals surface area contributed by atoms with Crippen LogP contribution in [0, 0.1) is 0 Å². The number of ketones is 1. The van der Waals surface area contributed by atoms with E-state index in [-0.39, 0.29) is 11.2 Å². The number of carbonyl (C=O) groups excluding carboxylic acids is 1. The molecular weight excluding hydrogens is 188 g/mol. The van der Waals surface area contributed by atoms with Crippen LogP contribution in [-0.2, 0) is 21.6 Å². The number of hydrogen-bond donors (Lipinski definition) is 0. The zero-order valence-electron chi connectivity index (χ0n) is 9.25. The second kappa shape index (κ2) is 3.78.